The number of fused-ring (bicyclic) bond motifs is 1. The third kappa shape index (κ3) is 3.73. The largest absolute Gasteiger partial charge is 0.481 e. The Morgan fingerprint density at radius 1 is 1.26 bits per heavy atom. The molecule has 1 saturated heterocycles. The van der Waals surface area contributed by atoms with Crippen LogP contribution in [-0.4, -0.2) is 39.0 Å². The van der Waals surface area contributed by atoms with Crippen molar-refractivity contribution >= 4 is 27.5 Å². The molecule has 3 aromatic rings. The summed E-state index contributed by atoms with van der Waals surface area (Å²) in [6, 6.07) is 12.4. The Bertz CT molecular complexity index is 897. The van der Waals surface area contributed by atoms with Gasteiger partial charge in [0.2, 0.25) is 0 Å². The van der Waals surface area contributed by atoms with Crippen molar-refractivity contribution in [2.24, 2.45) is 5.92 Å². The number of likely N-dealkylation sites (tertiary alicyclic amines) is 1. The minimum Gasteiger partial charge on any atom is -0.481 e. The zero-order chi connectivity index (χ0) is 18.8. The molecule has 0 saturated carbocycles. The van der Waals surface area contributed by atoms with Crippen LogP contribution in [-0.2, 0) is 11.2 Å². The molecule has 0 radical (unpaired) electrons. The van der Waals surface area contributed by atoms with Crippen molar-refractivity contribution in [3.05, 3.63) is 58.9 Å². The number of piperidine rings is 1. The quantitative estimate of drug-likeness (QED) is 0.719. The highest BCUT2D eigenvalue weighted by atomic mass is 32.1. The van der Waals surface area contributed by atoms with Crippen LogP contribution >= 0.6 is 11.3 Å². The molecule has 0 spiro atoms. The first kappa shape index (κ1) is 18.1. The predicted molar refractivity (Wildman–Crippen MR) is 107 cm³/mol. The molecule has 4 rings (SSSR count). The molecule has 0 aliphatic carbocycles. The summed E-state index contributed by atoms with van der Waals surface area (Å²) in [4.78, 5) is 23.3. The lowest BCUT2D eigenvalue weighted by atomic mass is 9.95. The molecule has 1 atom stereocenters. The number of hydrogen-bond acceptors (Lipinski definition) is 5. The van der Waals surface area contributed by atoms with E-state index in [0.29, 0.717) is 12.8 Å². The number of pyridine rings is 1. The maximum absolute atomic E-state index is 11.3. The van der Waals surface area contributed by atoms with E-state index in [4.69, 9.17) is 9.97 Å². The second kappa shape index (κ2) is 7.74. The second-order valence-electron chi connectivity index (χ2n) is 7.02. The first-order chi connectivity index (χ1) is 13.2. The Morgan fingerprint density at radius 3 is 2.67 bits per heavy atom. The monoisotopic (exact) mass is 381 g/mol. The van der Waals surface area contributed by atoms with Gasteiger partial charge in [-0.2, -0.15) is 0 Å². The number of carbonyl (C=O) groups is 1. The number of aromatic nitrogens is 2. The number of carboxylic acids is 1. The lowest BCUT2D eigenvalue weighted by Gasteiger charge is -2.35. The van der Waals surface area contributed by atoms with E-state index in [1.165, 1.54) is 10.3 Å². The molecule has 6 heteroatoms. The number of hydrogen-bond donors (Lipinski definition) is 1. The first-order valence-corrected chi connectivity index (χ1v) is 10.2. The first-order valence-electron chi connectivity index (χ1n) is 9.43. The average Bonchev–Trinajstić information content (AvgIpc) is 3.12. The van der Waals surface area contributed by atoms with Crippen molar-refractivity contribution < 1.29 is 9.90 Å². The third-order valence-electron chi connectivity index (χ3n) is 5.32. The van der Waals surface area contributed by atoms with Crippen molar-refractivity contribution in [3.63, 3.8) is 0 Å². The summed E-state index contributed by atoms with van der Waals surface area (Å²) in [5.41, 5.74) is 3.21. The van der Waals surface area contributed by atoms with E-state index in [-0.39, 0.29) is 12.0 Å². The molecule has 0 bridgehead atoms. The van der Waals surface area contributed by atoms with Gasteiger partial charge >= 0.3 is 5.97 Å². The van der Waals surface area contributed by atoms with Crippen molar-refractivity contribution in [3.8, 4) is 0 Å². The van der Waals surface area contributed by atoms with E-state index < -0.39 is 5.97 Å². The van der Waals surface area contributed by atoms with Crippen molar-refractivity contribution in [1.82, 2.24) is 14.9 Å². The van der Waals surface area contributed by atoms with Gasteiger partial charge in [0.15, 0.2) is 0 Å². The topological polar surface area (TPSA) is 66.3 Å². The van der Waals surface area contributed by atoms with Crippen molar-refractivity contribution in [2.75, 3.05) is 13.1 Å². The fourth-order valence-corrected chi connectivity index (χ4v) is 4.80. The van der Waals surface area contributed by atoms with Crippen molar-refractivity contribution in [2.45, 2.75) is 32.2 Å². The van der Waals surface area contributed by atoms with E-state index in [9.17, 15) is 9.90 Å². The zero-order valence-electron chi connectivity index (χ0n) is 15.3. The van der Waals surface area contributed by atoms with Crippen LogP contribution in [0.2, 0.25) is 0 Å². The fourth-order valence-electron chi connectivity index (χ4n) is 3.69. The summed E-state index contributed by atoms with van der Waals surface area (Å²) in [5, 5.41) is 10.3. The normalized spacial score (nSPS) is 17.2. The number of benzene rings is 1. The van der Waals surface area contributed by atoms with Gasteiger partial charge in [-0.1, -0.05) is 25.1 Å². The Balaban J connectivity index is 1.69. The van der Waals surface area contributed by atoms with E-state index >= 15 is 0 Å². The molecular formula is C21H23N3O2S. The number of aliphatic carboxylic acids is 1. The molecule has 1 aromatic carbocycles. The molecule has 5 nitrogen and oxygen atoms in total. The van der Waals surface area contributed by atoms with Crippen LogP contribution in [0, 0.1) is 5.92 Å². The third-order valence-corrected chi connectivity index (χ3v) is 6.41. The maximum Gasteiger partial charge on any atom is 0.306 e. The Labute approximate surface area is 162 Å². The zero-order valence-corrected chi connectivity index (χ0v) is 16.2. The van der Waals surface area contributed by atoms with Gasteiger partial charge in [-0.05, 0) is 43.0 Å². The maximum atomic E-state index is 11.3. The van der Waals surface area contributed by atoms with Gasteiger partial charge in [-0.3, -0.25) is 14.7 Å². The van der Waals surface area contributed by atoms with E-state index in [0.717, 1.165) is 35.7 Å². The van der Waals surface area contributed by atoms with E-state index in [1.54, 1.807) is 11.3 Å². The summed E-state index contributed by atoms with van der Waals surface area (Å²) in [5.74, 6) is -0.927. The minimum absolute atomic E-state index is 0.0250. The lowest BCUT2D eigenvalue weighted by molar-refractivity contribution is -0.143. The predicted octanol–water partition coefficient (Wildman–Crippen LogP) is 4.14. The summed E-state index contributed by atoms with van der Waals surface area (Å²) in [6.07, 6.45) is 4.25. The van der Waals surface area contributed by atoms with Crippen LogP contribution in [0.1, 0.15) is 42.1 Å². The molecule has 1 N–H and O–H groups in total. The number of carboxylic acid groups (broad SMARTS) is 1. The summed E-state index contributed by atoms with van der Waals surface area (Å²) >= 11 is 1.70. The Kier molecular flexibility index (Phi) is 5.18. The molecule has 1 aliphatic rings. The SMILES string of the molecule is CCc1ccc(C(c2nc3ccccc3s2)N2CCC(C(=O)O)CC2)nc1. The number of rotatable bonds is 5. The van der Waals surface area contributed by atoms with Crippen LogP contribution in [0.4, 0.5) is 0 Å². The number of thiazole rings is 1. The highest BCUT2D eigenvalue weighted by molar-refractivity contribution is 7.18. The number of para-hydroxylation sites is 1. The standard InChI is InChI=1S/C21H23N3O2S/c1-2-14-7-8-17(22-13-14)19(24-11-9-15(10-12-24)21(25)26)20-23-16-5-3-4-6-18(16)27-20/h3-8,13,15,19H,2,9-12H2,1H3,(H,25,26). The molecule has 27 heavy (non-hydrogen) atoms. The highest BCUT2D eigenvalue weighted by Crippen LogP contribution is 2.35. The van der Waals surface area contributed by atoms with Gasteiger partial charge in [-0.25, -0.2) is 4.98 Å². The Hall–Kier alpha value is -2.31. The lowest BCUT2D eigenvalue weighted by Crippen LogP contribution is -2.39. The van der Waals surface area contributed by atoms with Crippen LogP contribution in [0.25, 0.3) is 10.2 Å². The van der Waals surface area contributed by atoms with Crippen LogP contribution in [0.5, 0.6) is 0 Å². The molecule has 1 fully saturated rings. The average molecular weight is 382 g/mol. The van der Waals surface area contributed by atoms with Crippen molar-refractivity contribution in [1.29, 1.82) is 0 Å². The van der Waals surface area contributed by atoms with Gasteiger partial charge < -0.3 is 5.11 Å². The van der Waals surface area contributed by atoms with Gasteiger partial charge in [0.05, 0.1) is 21.8 Å². The van der Waals surface area contributed by atoms with Crippen LogP contribution in [0.15, 0.2) is 42.6 Å². The van der Waals surface area contributed by atoms with E-state index in [2.05, 4.69) is 30.0 Å². The second-order valence-corrected chi connectivity index (χ2v) is 8.08. The summed E-state index contributed by atoms with van der Waals surface area (Å²) in [7, 11) is 0. The molecule has 140 valence electrons. The Morgan fingerprint density at radius 2 is 2.04 bits per heavy atom. The molecule has 3 heterocycles. The molecule has 1 unspecified atom stereocenters. The number of nitrogens with zero attached hydrogens (tertiary/aromatic N) is 3. The van der Waals surface area contributed by atoms with Gasteiger partial charge in [0, 0.05) is 19.3 Å². The minimum atomic E-state index is -0.684. The molecular weight excluding hydrogens is 358 g/mol. The molecule has 0 amide bonds. The number of aryl methyl sites for hydroxylation is 1. The van der Waals surface area contributed by atoms with Crippen LogP contribution in [0.3, 0.4) is 0 Å². The fraction of sp³-hybridized carbons (Fsp3) is 0.381. The molecule has 2 aromatic heterocycles. The van der Waals surface area contributed by atoms with Crippen LogP contribution < -0.4 is 0 Å². The van der Waals surface area contributed by atoms with Gasteiger partial charge in [0.1, 0.15) is 11.0 Å². The summed E-state index contributed by atoms with van der Waals surface area (Å²) < 4.78 is 1.17. The summed E-state index contributed by atoms with van der Waals surface area (Å²) in [6.45, 7) is 3.61. The molecule has 1 aliphatic heterocycles. The van der Waals surface area contributed by atoms with E-state index in [1.807, 2.05) is 24.4 Å². The highest BCUT2D eigenvalue weighted by Gasteiger charge is 2.32. The smallest absolute Gasteiger partial charge is 0.306 e. The van der Waals surface area contributed by atoms with Gasteiger partial charge in [-0.15, -0.1) is 11.3 Å². The van der Waals surface area contributed by atoms with Gasteiger partial charge in [0.25, 0.3) is 0 Å².